The van der Waals surface area contributed by atoms with Crippen molar-refractivity contribution in [1.29, 1.82) is 0 Å². The molecule has 100 valence electrons. The second kappa shape index (κ2) is 4.74. The molecule has 3 aromatic rings. The first-order valence-corrected chi connectivity index (χ1v) is 6.46. The van der Waals surface area contributed by atoms with Crippen LogP contribution in [0.4, 0.5) is 5.13 Å². The predicted molar refractivity (Wildman–Crippen MR) is 73.2 cm³/mol. The number of hydrogen-bond donors (Lipinski definition) is 2. The van der Waals surface area contributed by atoms with Crippen LogP contribution >= 0.6 is 11.3 Å². The Morgan fingerprint density at radius 3 is 3.00 bits per heavy atom. The molecule has 0 atom stereocenters. The quantitative estimate of drug-likeness (QED) is 0.736. The Balaban J connectivity index is 2.11. The highest BCUT2D eigenvalue weighted by Crippen LogP contribution is 2.15. The molecular formula is C12H8N4O3S. The van der Waals surface area contributed by atoms with Gasteiger partial charge in [-0.3, -0.25) is 19.3 Å². The highest BCUT2D eigenvalue weighted by Gasteiger charge is 2.20. The molecular weight excluding hydrogens is 280 g/mol. The predicted octanol–water partition coefficient (Wildman–Crippen LogP) is 1.11. The summed E-state index contributed by atoms with van der Waals surface area (Å²) in [5, 5.41) is 14.2. The smallest absolute Gasteiger partial charge is 0.274 e. The molecule has 0 spiro atoms. The molecule has 0 aliphatic carbocycles. The van der Waals surface area contributed by atoms with Gasteiger partial charge in [0.1, 0.15) is 5.65 Å². The van der Waals surface area contributed by atoms with Crippen LogP contribution in [-0.4, -0.2) is 25.4 Å². The third-order valence-corrected chi connectivity index (χ3v) is 3.28. The first-order valence-electron chi connectivity index (χ1n) is 5.58. The monoisotopic (exact) mass is 288 g/mol. The molecule has 20 heavy (non-hydrogen) atoms. The SMILES string of the molecule is O=C(Nc1nccs1)c1c(O)nc2ccccn2c1=O. The first-order chi connectivity index (χ1) is 9.66. The van der Waals surface area contributed by atoms with Gasteiger partial charge in [-0.25, -0.2) is 4.98 Å². The van der Waals surface area contributed by atoms with E-state index in [9.17, 15) is 14.7 Å². The van der Waals surface area contributed by atoms with Crippen LogP contribution in [0.5, 0.6) is 5.88 Å². The van der Waals surface area contributed by atoms with Crippen LogP contribution in [0.25, 0.3) is 5.65 Å². The molecule has 0 aromatic carbocycles. The molecule has 0 unspecified atom stereocenters. The second-order valence-corrected chi connectivity index (χ2v) is 4.73. The summed E-state index contributed by atoms with van der Waals surface area (Å²) in [5.41, 5.74) is -0.785. The van der Waals surface area contributed by atoms with Gasteiger partial charge in [0.05, 0.1) is 0 Å². The topological polar surface area (TPSA) is 96.6 Å². The van der Waals surface area contributed by atoms with Crippen LogP contribution in [0.1, 0.15) is 10.4 Å². The molecule has 3 heterocycles. The largest absolute Gasteiger partial charge is 0.493 e. The number of nitrogens with zero attached hydrogens (tertiary/aromatic N) is 3. The van der Waals surface area contributed by atoms with Crippen LogP contribution in [0.15, 0.2) is 40.8 Å². The van der Waals surface area contributed by atoms with Gasteiger partial charge in [-0.2, -0.15) is 4.98 Å². The van der Waals surface area contributed by atoms with E-state index in [0.29, 0.717) is 5.13 Å². The summed E-state index contributed by atoms with van der Waals surface area (Å²) in [6.45, 7) is 0. The zero-order chi connectivity index (χ0) is 14.1. The van der Waals surface area contributed by atoms with Gasteiger partial charge < -0.3 is 5.11 Å². The zero-order valence-electron chi connectivity index (χ0n) is 9.98. The number of aromatic nitrogens is 3. The normalized spacial score (nSPS) is 10.6. The van der Waals surface area contributed by atoms with Gasteiger partial charge in [0.2, 0.25) is 5.88 Å². The summed E-state index contributed by atoms with van der Waals surface area (Å²) in [6.07, 6.45) is 3.00. The number of rotatable bonds is 2. The lowest BCUT2D eigenvalue weighted by Crippen LogP contribution is -2.26. The first kappa shape index (κ1) is 12.3. The maximum Gasteiger partial charge on any atom is 0.274 e. The third kappa shape index (κ3) is 2.01. The van der Waals surface area contributed by atoms with Crippen molar-refractivity contribution in [2.45, 2.75) is 0 Å². The fourth-order valence-corrected chi connectivity index (χ4v) is 2.24. The molecule has 0 saturated heterocycles. The Bertz CT molecular complexity index is 842. The summed E-state index contributed by atoms with van der Waals surface area (Å²) < 4.78 is 1.19. The lowest BCUT2D eigenvalue weighted by atomic mass is 10.3. The van der Waals surface area contributed by atoms with Crippen molar-refractivity contribution in [2.24, 2.45) is 0 Å². The molecule has 3 rings (SSSR count). The van der Waals surface area contributed by atoms with E-state index >= 15 is 0 Å². The highest BCUT2D eigenvalue weighted by atomic mass is 32.1. The zero-order valence-corrected chi connectivity index (χ0v) is 10.8. The Morgan fingerprint density at radius 2 is 2.25 bits per heavy atom. The maximum absolute atomic E-state index is 12.2. The Hall–Kier alpha value is -2.74. The second-order valence-electron chi connectivity index (χ2n) is 3.84. The molecule has 8 heteroatoms. The van der Waals surface area contributed by atoms with Crippen LogP contribution < -0.4 is 10.9 Å². The summed E-state index contributed by atoms with van der Waals surface area (Å²) >= 11 is 1.21. The lowest BCUT2D eigenvalue weighted by Gasteiger charge is -2.05. The molecule has 0 radical (unpaired) electrons. The van der Waals surface area contributed by atoms with Crippen molar-refractivity contribution < 1.29 is 9.90 Å². The summed E-state index contributed by atoms with van der Waals surface area (Å²) in [7, 11) is 0. The van der Waals surface area contributed by atoms with Crippen LogP contribution in [0.3, 0.4) is 0 Å². The third-order valence-electron chi connectivity index (χ3n) is 2.59. The van der Waals surface area contributed by atoms with Gasteiger partial charge >= 0.3 is 0 Å². The number of aromatic hydroxyl groups is 1. The maximum atomic E-state index is 12.2. The summed E-state index contributed by atoms with van der Waals surface area (Å²) in [5.74, 6) is -1.34. The number of hydrogen-bond acceptors (Lipinski definition) is 6. The minimum absolute atomic E-state index is 0.265. The highest BCUT2D eigenvalue weighted by molar-refractivity contribution is 7.13. The molecule has 0 fully saturated rings. The van der Waals surface area contributed by atoms with Gasteiger partial charge in [-0.1, -0.05) is 6.07 Å². The van der Waals surface area contributed by atoms with Crippen LogP contribution in [0, 0.1) is 0 Å². The standard InChI is InChI=1S/C12H8N4O3S/c17-9-8(10(18)15-12-13-4-6-20-12)11(19)16-5-2-1-3-7(16)14-9/h1-6,17H,(H,13,15,18). The molecule has 7 nitrogen and oxygen atoms in total. The Morgan fingerprint density at radius 1 is 1.40 bits per heavy atom. The average molecular weight is 288 g/mol. The van der Waals surface area contributed by atoms with Gasteiger partial charge in [-0.15, -0.1) is 11.3 Å². The van der Waals surface area contributed by atoms with E-state index in [-0.39, 0.29) is 5.65 Å². The number of thiazole rings is 1. The minimum atomic E-state index is -0.742. The van der Waals surface area contributed by atoms with Crippen molar-refractivity contribution in [2.75, 3.05) is 5.32 Å². The summed E-state index contributed by atoms with van der Waals surface area (Å²) in [6, 6.07) is 4.87. The summed E-state index contributed by atoms with van der Waals surface area (Å²) in [4.78, 5) is 32.0. The van der Waals surface area contributed by atoms with E-state index in [4.69, 9.17) is 0 Å². The van der Waals surface area contributed by atoms with Crippen LogP contribution in [-0.2, 0) is 0 Å². The number of carbonyl (C=O) groups excluding carboxylic acids is 1. The average Bonchev–Trinajstić information content (AvgIpc) is 2.91. The van der Waals surface area contributed by atoms with Crippen molar-refractivity contribution in [3.63, 3.8) is 0 Å². The molecule has 0 aliphatic rings. The molecule has 0 aliphatic heterocycles. The number of nitrogens with one attached hydrogen (secondary N) is 1. The van der Waals surface area contributed by atoms with E-state index in [1.807, 2.05) is 0 Å². The van der Waals surface area contributed by atoms with Crippen molar-refractivity contribution in [1.82, 2.24) is 14.4 Å². The van der Waals surface area contributed by atoms with E-state index in [1.54, 1.807) is 23.6 Å². The van der Waals surface area contributed by atoms with E-state index < -0.39 is 22.9 Å². The van der Waals surface area contributed by atoms with Crippen molar-refractivity contribution in [3.8, 4) is 5.88 Å². The minimum Gasteiger partial charge on any atom is -0.493 e. The lowest BCUT2D eigenvalue weighted by molar-refractivity contribution is 0.102. The molecule has 2 N–H and O–H groups in total. The van der Waals surface area contributed by atoms with Gasteiger partial charge in [0.25, 0.3) is 11.5 Å². The fraction of sp³-hybridized carbons (Fsp3) is 0. The van der Waals surface area contributed by atoms with Gasteiger partial charge in [0.15, 0.2) is 10.7 Å². The number of pyridine rings is 1. The van der Waals surface area contributed by atoms with Crippen molar-refractivity contribution in [3.05, 3.63) is 51.9 Å². The Labute approximate surface area is 116 Å². The number of amides is 1. The van der Waals surface area contributed by atoms with E-state index in [2.05, 4.69) is 15.3 Å². The molecule has 0 saturated carbocycles. The van der Waals surface area contributed by atoms with Crippen LogP contribution in [0.2, 0.25) is 0 Å². The number of carbonyl (C=O) groups is 1. The Kier molecular flexibility index (Phi) is 2.92. The number of anilines is 1. The van der Waals surface area contributed by atoms with Gasteiger partial charge in [-0.05, 0) is 12.1 Å². The van der Waals surface area contributed by atoms with E-state index in [1.165, 1.54) is 28.1 Å². The molecule has 3 aromatic heterocycles. The van der Waals surface area contributed by atoms with E-state index in [0.717, 1.165) is 0 Å². The van der Waals surface area contributed by atoms with Crippen molar-refractivity contribution >= 4 is 28.0 Å². The van der Waals surface area contributed by atoms with Gasteiger partial charge in [0, 0.05) is 17.8 Å². The fourth-order valence-electron chi connectivity index (χ4n) is 1.72. The molecule has 0 bridgehead atoms. The number of fused-ring (bicyclic) bond motifs is 1. The molecule has 1 amide bonds.